The standard InChI is InChI=1S/C11H10Cl2N2O3S/c1-17-9(16)8-6-7(12)10(19-8)18-5-4-15-3-2-14-11(15)13/h2-3,6H,4-5H2,1H3. The number of carbonyl (C=O) groups excluding carboxylic acids is 1. The molecular formula is C11H10Cl2N2O3S. The smallest absolute Gasteiger partial charge is 0.348 e. The highest BCUT2D eigenvalue weighted by atomic mass is 35.5. The van der Waals surface area contributed by atoms with Crippen LogP contribution in [0.3, 0.4) is 0 Å². The molecule has 0 unspecified atom stereocenters. The Balaban J connectivity index is 1.94. The summed E-state index contributed by atoms with van der Waals surface area (Å²) in [6.45, 7) is 0.914. The molecule has 19 heavy (non-hydrogen) atoms. The lowest BCUT2D eigenvalue weighted by Crippen LogP contribution is -2.06. The molecule has 2 aromatic heterocycles. The van der Waals surface area contributed by atoms with Gasteiger partial charge >= 0.3 is 5.97 Å². The molecule has 8 heteroatoms. The van der Waals surface area contributed by atoms with Crippen LogP contribution >= 0.6 is 34.5 Å². The van der Waals surface area contributed by atoms with Gasteiger partial charge in [0.1, 0.15) is 11.5 Å². The third-order valence-electron chi connectivity index (χ3n) is 2.27. The number of esters is 1. The lowest BCUT2D eigenvalue weighted by atomic mass is 10.5. The van der Waals surface area contributed by atoms with Crippen LogP contribution in [0.15, 0.2) is 18.5 Å². The highest BCUT2D eigenvalue weighted by Crippen LogP contribution is 2.35. The van der Waals surface area contributed by atoms with Gasteiger partial charge in [-0.05, 0) is 17.7 Å². The number of methoxy groups -OCH3 is 1. The zero-order valence-electron chi connectivity index (χ0n) is 9.93. The summed E-state index contributed by atoms with van der Waals surface area (Å²) < 4.78 is 11.9. The topological polar surface area (TPSA) is 53.4 Å². The molecule has 2 aromatic rings. The molecule has 2 heterocycles. The molecule has 0 N–H and O–H groups in total. The number of ether oxygens (including phenoxy) is 2. The third-order valence-corrected chi connectivity index (χ3v) is 4.01. The Kier molecular flexibility index (Phi) is 4.68. The fourth-order valence-corrected chi connectivity index (χ4v) is 2.75. The molecule has 0 bridgehead atoms. The van der Waals surface area contributed by atoms with E-state index in [2.05, 4.69) is 9.72 Å². The molecule has 2 rings (SSSR count). The number of rotatable bonds is 5. The molecule has 0 aliphatic heterocycles. The monoisotopic (exact) mass is 320 g/mol. The first kappa shape index (κ1) is 14.2. The number of thiophene rings is 1. The van der Waals surface area contributed by atoms with Gasteiger partial charge in [-0.25, -0.2) is 9.78 Å². The van der Waals surface area contributed by atoms with E-state index in [1.54, 1.807) is 17.0 Å². The van der Waals surface area contributed by atoms with Crippen molar-refractivity contribution in [3.8, 4) is 5.06 Å². The van der Waals surface area contributed by atoms with E-state index in [0.29, 0.717) is 33.4 Å². The number of aromatic nitrogens is 2. The van der Waals surface area contributed by atoms with E-state index in [1.165, 1.54) is 13.2 Å². The van der Waals surface area contributed by atoms with Crippen LogP contribution in [-0.2, 0) is 11.3 Å². The van der Waals surface area contributed by atoms with Crippen LogP contribution in [0.25, 0.3) is 0 Å². The molecule has 0 radical (unpaired) electrons. The molecular weight excluding hydrogens is 311 g/mol. The predicted octanol–water partition coefficient (Wildman–Crippen LogP) is 3.12. The lowest BCUT2D eigenvalue weighted by molar-refractivity contribution is 0.0606. The summed E-state index contributed by atoms with van der Waals surface area (Å²) in [6.07, 6.45) is 3.36. The van der Waals surface area contributed by atoms with Gasteiger partial charge in [0.05, 0.1) is 18.7 Å². The summed E-state index contributed by atoms with van der Waals surface area (Å²) in [5, 5.41) is 1.27. The molecule has 0 saturated heterocycles. The number of hydrogen-bond acceptors (Lipinski definition) is 5. The Morgan fingerprint density at radius 1 is 1.53 bits per heavy atom. The second-order valence-corrected chi connectivity index (χ2v) is 5.24. The van der Waals surface area contributed by atoms with E-state index in [9.17, 15) is 4.79 Å². The van der Waals surface area contributed by atoms with Gasteiger partial charge < -0.3 is 14.0 Å². The van der Waals surface area contributed by atoms with E-state index in [4.69, 9.17) is 27.9 Å². The van der Waals surface area contributed by atoms with Gasteiger partial charge in [-0.3, -0.25) is 0 Å². The first-order valence-electron chi connectivity index (χ1n) is 5.29. The molecule has 0 aliphatic rings. The largest absolute Gasteiger partial charge is 0.481 e. The van der Waals surface area contributed by atoms with Crippen molar-refractivity contribution in [2.75, 3.05) is 13.7 Å². The second-order valence-electron chi connectivity index (χ2n) is 3.48. The van der Waals surface area contributed by atoms with Crippen molar-refractivity contribution < 1.29 is 14.3 Å². The third kappa shape index (κ3) is 3.40. The summed E-state index contributed by atoms with van der Waals surface area (Å²) in [6, 6.07) is 1.53. The SMILES string of the molecule is COC(=O)c1cc(Cl)c(OCCn2ccnc2Cl)s1. The summed E-state index contributed by atoms with van der Waals surface area (Å²) in [7, 11) is 1.32. The van der Waals surface area contributed by atoms with E-state index in [0.717, 1.165) is 11.3 Å². The molecule has 0 spiro atoms. The van der Waals surface area contributed by atoms with Crippen molar-refractivity contribution in [1.29, 1.82) is 0 Å². The molecule has 5 nitrogen and oxygen atoms in total. The molecule has 102 valence electrons. The van der Waals surface area contributed by atoms with Crippen LogP contribution in [0.5, 0.6) is 5.06 Å². The fraction of sp³-hybridized carbons (Fsp3) is 0.273. The molecule has 0 aromatic carbocycles. The van der Waals surface area contributed by atoms with E-state index < -0.39 is 5.97 Å². The van der Waals surface area contributed by atoms with E-state index in [1.807, 2.05) is 0 Å². The van der Waals surface area contributed by atoms with Gasteiger partial charge in [-0.1, -0.05) is 22.9 Å². The van der Waals surface area contributed by atoms with Crippen LogP contribution in [0.4, 0.5) is 0 Å². The van der Waals surface area contributed by atoms with Gasteiger partial charge in [-0.2, -0.15) is 0 Å². The Morgan fingerprint density at radius 3 is 2.95 bits per heavy atom. The number of imidazole rings is 1. The minimum atomic E-state index is -0.431. The predicted molar refractivity (Wildman–Crippen MR) is 73.4 cm³/mol. The maximum Gasteiger partial charge on any atom is 0.348 e. The van der Waals surface area contributed by atoms with Crippen LogP contribution < -0.4 is 4.74 Å². The van der Waals surface area contributed by atoms with Gasteiger partial charge in [0.2, 0.25) is 5.28 Å². The Bertz CT molecular complexity index is 582. The van der Waals surface area contributed by atoms with Crippen molar-refractivity contribution >= 4 is 40.5 Å². The fourth-order valence-electron chi connectivity index (χ4n) is 1.37. The van der Waals surface area contributed by atoms with Crippen molar-refractivity contribution in [2.24, 2.45) is 0 Å². The van der Waals surface area contributed by atoms with Crippen LogP contribution in [0.1, 0.15) is 9.67 Å². The van der Waals surface area contributed by atoms with Crippen molar-refractivity contribution in [3.63, 3.8) is 0 Å². The number of carbonyl (C=O) groups is 1. The number of hydrogen-bond donors (Lipinski definition) is 0. The molecule has 0 aliphatic carbocycles. The Morgan fingerprint density at radius 2 is 2.32 bits per heavy atom. The van der Waals surface area contributed by atoms with Gasteiger partial charge in [0.15, 0.2) is 5.06 Å². The van der Waals surface area contributed by atoms with Crippen LogP contribution in [0.2, 0.25) is 10.3 Å². The summed E-state index contributed by atoms with van der Waals surface area (Å²) in [5.74, 6) is -0.431. The summed E-state index contributed by atoms with van der Waals surface area (Å²) >= 11 is 12.9. The van der Waals surface area contributed by atoms with Crippen molar-refractivity contribution in [3.05, 3.63) is 33.6 Å². The van der Waals surface area contributed by atoms with Crippen molar-refractivity contribution in [2.45, 2.75) is 6.54 Å². The maximum atomic E-state index is 11.3. The lowest BCUT2D eigenvalue weighted by Gasteiger charge is -2.05. The highest BCUT2D eigenvalue weighted by Gasteiger charge is 2.14. The average molecular weight is 321 g/mol. The Hall–Kier alpha value is -1.24. The number of nitrogens with zero attached hydrogens (tertiary/aromatic N) is 2. The quantitative estimate of drug-likeness (QED) is 0.794. The molecule has 0 atom stereocenters. The second kappa shape index (κ2) is 6.27. The zero-order chi connectivity index (χ0) is 13.8. The van der Waals surface area contributed by atoms with E-state index in [-0.39, 0.29) is 0 Å². The first-order chi connectivity index (χ1) is 9.11. The van der Waals surface area contributed by atoms with Gasteiger partial charge in [0, 0.05) is 12.4 Å². The molecule has 0 fully saturated rings. The Labute approximate surface area is 123 Å². The maximum absolute atomic E-state index is 11.3. The van der Waals surface area contributed by atoms with Crippen LogP contribution in [0, 0.1) is 0 Å². The minimum Gasteiger partial charge on any atom is -0.481 e. The summed E-state index contributed by atoms with van der Waals surface area (Å²) in [5.41, 5.74) is 0. The zero-order valence-corrected chi connectivity index (χ0v) is 12.3. The van der Waals surface area contributed by atoms with Crippen LogP contribution in [-0.4, -0.2) is 29.2 Å². The summed E-state index contributed by atoms with van der Waals surface area (Å²) in [4.78, 5) is 15.6. The molecule has 0 saturated carbocycles. The van der Waals surface area contributed by atoms with Gasteiger partial charge in [-0.15, -0.1) is 0 Å². The molecule has 0 amide bonds. The van der Waals surface area contributed by atoms with Crippen molar-refractivity contribution in [1.82, 2.24) is 9.55 Å². The highest BCUT2D eigenvalue weighted by molar-refractivity contribution is 7.16. The van der Waals surface area contributed by atoms with Gasteiger partial charge in [0.25, 0.3) is 0 Å². The van der Waals surface area contributed by atoms with E-state index >= 15 is 0 Å². The minimum absolute atomic E-state index is 0.372. The normalized spacial score (nSPS) is 10.5. The number of halogens is 2. The average Bonchev–Trinajstić information content (AvgIpc) is 2.96. The first-order valence-corrected chi connectivity index (χ1v) is 6.86.